The van der Waals surface area contributed by atoms with Gasteiger partial charge in [0.05, 0.1) is 11.4 Å². The highest BCUT2D eigenvalue weighted by Crippen LogP contribution is 2.23. The third-order valence-corrected chi connectivity index (χ3v) is 4.85. The van der Waals surface area contributed by atoms with E-state index in [0.717, 1.165) is 11.4 Å². The van der Waals surface area contributed by atoms with Gasteiger partial charge in [-0.3, -0.25) is 4.90 Å². The molecule has 3 aromatic rings. The van der Waals surface area contributed by atoms with Crippen LogP contribution in [0.4, 0.5) is 0 Å². The Kier molecular flexibility index (Phi) is 3.95. The zero-order valence-electron chi connectivity index (χ0n) is 11.4. The van der Waals surface area contributed by atoms with Crippen LogP contribution in [-0.4, -0.2) is 22.1 Å². The van der Waals surface area contributed by atoms with Gasteiger partial charge in [-0.25, -0.2) is 0 Å². The molecule has 20 heavy (non-hydrogen) atoms. The van der Waals surface area contributed by atoms with Gasteiger partial charge in [0.15, 0.2) is 0 Å². The van der Waals surface area contributed by atoms with E-state index in [-0.39, 0.29) is 0 Å². The predicted octanol–water partition coefficient (Wildman–Crippen LogP) is 3.80. The van der Waals surface area contributed by atoms with E-state index in [4.69, 9.17) is 4.42 Å². The molecule has 3 rings (SSSR count). The van der Waals surface area contributed by atoms with E-state index in [1.165, 1.54) is 10.4 Å². The molecule has 0 aliphatic rings. The molecule has 0 aliphatic heterocycles. The number of aryl methyl sites for hydroxylation is 1. The van der Waals surface area contributed by atoms with Crippen molar-refractivity contribution < 1.29 is 4.42 Å². The van der Waals surface area contributed by atoms with Crippen molar-refractivity contribution in [3.8, 4) is 10.8 Å². The van der Waals surface area contributed by atoms with E-state index in [1.807, 2.05) is 17.5 Å². The summed E-state index contributed by atoms with van der Waals surface area (Å²) < 4.78 is 5.70. The summed E-state index contributed by atoms with van der Waals surface area (Å²) in [6.07, 6.45) is 0. The van der Waals surface area contributed by atoms with Gasteiger partial charge in [-0.15, -0.1) is 32.9 Å². The quantitative estimate of drug-likeness (QED) is 0.719. The summed E-state index contributed by atoms with van der Waals surface area (Å²) in [5.74, 6) is 1.26. The molecule has 0 atom stereocenters. The third-order valence-electron chi connectivity index (χ3n) is 2.99. The third kappa shape index (κ3) is 2.98. The van der Waals surface area contributed by atoms with E-state index in [0.29, 0.717) is 18.3 Å². The van der Waals surface area contributed by atoms with Crippen LogP contribution in [0.3, 0.4) is 0 Å². The summed E-state index contributed by atoms with van der Waals surface area (Å²) in [7, 11) is 2.06. The van der Waals surface area contributed by atoms with Gasteiger partial charge in [-0.2, -0.15) is 0 Å². The van der Waals surface area contributed by atoms with Gasteiger partial charge in [0, 0.05) is 11.4 Å². The van der Waals surface area contributed by atoms with E-state index < -0.39 is 0 Å². The maximum Gasteiger partial charge on any atom is 0.257 e. The number of aromatic nitrogens is 2. The molecule has 0 N–H and O–H groups in total. The predicted molar refractivity (Wildman–Crippen MR) is 81.8 cm³/mol. The van der Waals surface area contributed by atoms with E-state index >= 15 is 0 Å². The summed E-state index contributed by atoms with van der Waals surface area (Å²) in [6, 6.07) is 6.12. The second-order valence-electron chi connectivity index (χ2n) is 4.68. The summed E-state index contributed by atoms with van der Waals surface area (Å²) in [5.41, 5.74) is 1.34. The molecule has 0 saturated heterocycles. The van der Waals surface area contributed by atoms with Crippen molar-refractivity contribution in [2.75, 3.05) is 7.05 Å². The molecule has 0 amide bonds. The Morgan fingerprint density at radius 2 is 2.05 bits per heavy atom. The van der Waals surface area contributed by atoms with Crippen molar-refractivity contribution in [3.63, 3.8) is 0 Å². The lowest BCUT2D eigenvalue weighted by atomic mass is 10.3. The molecule has 0 spiro atoms. The van der Waals surface area contributed by atoms with E-state index in [1.54, 1.807) is 22.7 Å². The first-order valence-corrected chi connectivity index (χ1v) is 8.06. The van der Waals surface area contributed by atoms with Crippen molar-refractivity contribution in [1.29, 1.82) is 0 Å². The number of hydrogen-bond donors (Lipinski definition) is 0. The highest BCUT2D eigenvalue weighted by atomic mass is 32.1. The Morgan fingerprint density at radius 3 is 2.75 bits per heavy atom. The van der Waals surface area contributed by atoms with Gasteiger partial charge >= 0.3 is 0 Å². The van der Waals surface area contributed by atoms with E-state index in [2.05, 4.69) is 40.5 Å². The Labute approximate surface area is 125 Å². The lowest BCUT2D eigenvalue weighted by Gasteiger charge is -2.13. The first-order chi connectivity index (χ1) is 9.72. The smallest absolute Gasteiger partial charge is 0.257 e. The Morgan fingerprint density at radius 1 is 1.15 bits per heavy atom. The summed E-state index contributed by atoms with van der Waals surface area (Å²) >= 11 is 3.39. The SMILES string of the molecule is Cc1ccsc1CN(C)Cc1nnc(-c2cccs2)o1. The van der Waals surface area contributed by atoms with Crippen LogP contribution in [0.15, 0.2) is 33.4 Å². The summed E-state index contributed by atoms with van der Waals surface area (Å²) in [5, 5.41) is 12.3. The van der Waals surface area contributed by atoms with Crippen LogP contribution in [0.5, 0.6) is 0 Å². The molecule has 0 fully saturated rings. The normalized spacial score (nSPS) is 11.3. The standard InChI is InChI=1S/C14H15N3OS2/c1-10-5-7-20-12(10)8-17(2)9-13-15-16-14(18-13)11-4-3-6-19-11/h3-7H,8-9H2,1-2H3. The molecule has 0 unspecified atom stereocenters. The minimum Gasteiger partial charge on any atom is -0.419 e. The molecule has 0 aromatic carbocycles. The first kappa shape index (κ1) is 13.5. The molecule has 0 bridgehead atoms. The number of rotatable bonds is 5. The molecule has 6 heteroatoms. The Hall–Kier alpha value is -1.50. The number of nitrogens with zero attached hydrogens (tertiary/aromatic N) is 3. The van der Waals surface area contributed by atoms with Crippen LogP contribution >= 0.6 is 22.7 Å². The Balaban J connectivity index is 1.65. The maximum absolute atomic E-state index is 5.70. The fraction of sp³-hybridized carbons (Fsp3) is 0.286. The van der Waals surface area contributed by atoms with Crippen LogP contribution in [0.1, 0.15) is 16.3 Å². The van der Waals surface area contributed by atoms with Crippen molar-refractivity contribution in [2.45, 2.75) is 20.0 Å². The van der Waals surface area contributed by atoms with Crippen LogP contribution in [0, 0.1) is 6.92 Å². The molecule has 3 heterocycles. The highest BCUT2D eigenvalue weighted by molar-refractivity contribution is 7.13. The molecule has 104 valence electrons. The zero-order chi connectivity index (χ0) is 13.9. The Bertz CT molecular complexity index is 672. The van der Waals surface area contributed by atoms with Crippen molar-refractivity contribution in [3.05, 3.63) is 45.3 Å². The fourth-order valence-corrected chi connectivity index (χ4v) is 3.54. The van der Waals surface area contributed by atoms with Crippen molar-refractivity contribution >= 4 is 22.7 Å². The van der Waals surface area contributed by atoms with Crippen LogP contribution < -0.4 is 0 Å². The van der Waals surface area contributed by atoms with E-state index in [9.17, 15) is 0 Å². The molecule has 3 aromatic heterocycles. The maximum atomic E-state index is 5.70. The average Bonchev–Trinajstić information content (AvgIpc) is 3.12. The van der Waals surface area contributed by atoms with Crippen molar-refractivity contribution in [1.82, 2.24) is 15.1 Å². The van der Waals surface area contributed by atoms with Gasteiger partial charge < -0.3 is 4.42 Å². The molecule has 4 nitrogen and oxygen atoms in total. The van der Waals surface area contributed by atoms with Gasteiger partial charge in [0.25, 0.3) is 5.89 Å². The lowest BCUT2D eigenvalue weighted by molar-refractivity contribution is 0.284. The molecule has 0 aliphatic carbocycles. The highest BCUT2D eigenvalue weighted by Gasteiger charge is 2.12. The topological polar surface area (TPSA) is 42.2 Å². The first-order valence-electron chi connectivity index (χ1n) is 6.30. The fourth-order valence-electron chi connectivity index (χ4n) is 1.92. The second-order valence-corrected chi connectivity index (χ2v) is 6.63. The minimum atomic E-state index is 0.607. The minimum absolute atomic E-state index is 0.607. The zero-order valence-corrected chi connectivity index (χ0v) is 13.0. The molecular formula is C14H15N3OS2. The summed E-state index contributed by atoms with van der Waals surface area (Å²) in [6.45, 7) is 3.71. The van der Waals surface area contributed by atoms with Gasteiger partial charge in [-0.05, 0) is 42.4 Å². The molecule has 0 saturated carbocycles. The lowest BCUT2D eigenvalue weighted by Crippen LogP contribution is -2.17. The van der Waals surface area contributed by atoms with Crippen LogP contribution in [0.2, 0.25) is 0 Å². The van der Waals surface area contributed by atoms with Gasteiger partial charge in [0.1, 0.15) is 0 Å². The second kappa shape index (κ2) is 5.87. The molecular weight excluding hydrogens is 290 g/mol. The van der Waals surface area contributed by atoms with Crippen LogP contribution in [-0.2, 0) is 13.1 Å². The van der Waals surface area contributed by atoms with Crippen molar-refractivity contribution in [2.24, 2.45) is 0 Å². The van der Waals surface area contributed by atoms with Gasteiger partial charge in [-0.1, -0.05) is 6.07 Å². The largest absolute Gasteiger partial charge is 0.419 e. The van der Waals surface area contributed by atoms with Gasteiger partial charge in [0.2, 0.25) is 5.89 Å². The monoisotopic (exact) mass is 305 g/mol. The average molecular weight is 305 g/mol. The number of hydrogen-bond acceptors (Lipinski definition) is 6. The number of thiophene rings is 2. The van der Waals surface area contributed by atoms with Crippen LogP contribution in [0.25, 0.3) is 10.8 Å². The molecule has 0 radical (unpaired) electrons. The summed E-state index contributed by atoms with van der Waals surface area (Å²) in [4.78, 5) is 4.58.